The van der Waals surface area contributed by atoms with Gasteiger partial charge in [0.15, 0.2) is 17.3 Å². The number of hydrogen-bond acceptors (Lipinski definition) is 7. The molecule has 0 saturated carbocycles. The quantitative estimate of drug-likeness (QED) is 0.615. The second kappa shape index (κ2) is 8.24. The maximum Gasteiger partial charge on any atom is 0.227 e. The molecule has 0 saturated heterocycles. The van der Waals surface area contributed by atoms with Gasteiger partial charge in [0, 0.05) is 24.3 Å². The predicted octanol–water partition coefficient (Wildman–Crippen LogP) is 3.56. The summed E-state index contributed by atoms with van der Waals surface area (Å²) in [6.45, 7) is 2.41. The summed E-state index contributed by atoms with van der Waals surface area (Å²) in [7, 11) is 3.27. The number of methoxy groups -OCH3 is 2. The zero-order valence-electron chi connectivity index (χ0n) is 16.7. The van der Waals surface area contributed by atoms with E-state index in [1.165, 1.54) is 5.56 Å². The first-order valence-electron chi connectivity index (χ1n) is 9.47. The van der Waals surface area contributed by atoms with Crippen molar-refractivity contribution in [1.82, 2.24) is 15.0 Å². The van der Waals surface area contributed by atoms with Crippen molar-refractivity contribution in [2.75, 3.05) is 20.8 Å². The van der Waals surface area contributed by atoms with E-state index in [1.54, 1.807) is 32.5 Å². The Morgan fingerprint density at radius 1 is 1.31 bits per heavy atom. The highest BCUT2D eigenvalue weighted by molar-refractivity contribution is 7.10. The Hall–Kier alpha value is -2.87. The number of rotatable bonds is 6. The number of amides is 1. The van der Waals surface area contributed by atoms with Gasteiger partial charge in [-0.15, -0.1) is 11.3 Å². The third-order valence-corrected chi connectivity index (χ3v) is 6.05. The van der Waals surface area contributed by atoms with E-state index in [-0.39, 0.29) is 11.9 Å². The molecule has 1 aliphatic heterocycles. The molecule has 0 radical (unpaired) electrons. The highest BCUT2D eigenvalue weighted by Gasteiger charge is 2.33. The number of nitrogens with zero attached hydrogens (tertiary/aromatic N) is 3. The lowest BCUT2D eigenvalue weighted by Gasteiger charge is -2.37. The molecule has 3 heterocycles. The van der Waals surface area contributed by atoms with E-state index in [4.69, 9.17) is 14.0 Å². The standard InChI is InChI=1S/C21H23N3O4S/c1-13-22-19(28-23-13)6-7-20(25)24-9-8-14-11-16(26-2)17(27-3)12-15(14)21(24)18-5-4-10-29-18/h4-5,10-12,21H,6-9H2,1-3H3. The molecule has 29 heavy (non-hydrogen) atoms. The predicted molar refractivity (Wildman–Crippen MR) is 108 cm³/mol. The molecular weight excluding hydrogens is 390 g/mol. The smallest absolute Gasteiger partial charge is 0.227 e. The van der Waals surface area contributed by atoms with Crippen LogP contribution in [0.25, 0.3) is 0 Å². The molecule has 0 aliphatic carbocycles. The molecule has 2 aromatic heterocycles. The second-order valence-electron chi connectivity index (χ2n) is 6.90. The summed E-state index contributed by atoms with van der Waals surface area (Å²) in [5.41, 5.74) is 2.26. The van der Waals surface area contributed by atoms with Gasteiger partial charge in [0.25, 0.3) is 0 Å². The van der Waals surface area contributed by atoms with Gasteiger partial charge in [0.1, 0.15) is 0 Å². The van der Waals surface area contributed by atoms with E-state index < -0.39 is 0 Å². The minimum Gasteiger partial charge on any atom is -0.493 e. The molecule has 0 fully saturated rings. The van der Waals surface area contributed by atoms with Gasteiger partial charge in [-0.1, -0.05) is 11.2 Å². The topological polar surface area (TPSA) is 77.7 Å². The molecule has 4 rings (SSSR count). The Bertz CT molecular complexity index is 1000. The first-order valence-corrected chi connectivity index (χ1v) is 10.4. The molecule has 1 unspecified atom stereocenters. The van der Waals surface area contributed by atoms with Crippen molar-refractivity contribution < 1.29 is 18.8 Å². The number of carbonyl (C=O) groups excluding carboxylic acids is 1. The summed E-state index contributed by atoms with van der Waals surface area (Å²) in [4.78, 5) is 20.4. The number of ether oxygens (including phenoxy) is 2. The van der Waals surface area contributed by atoms with E-state index >= 15 is 0 Å². The number of aryl methyl sites for hydroxylation is 2. The monoisotopic (exact) mass is 413 g/mol. The molecule has 1 aromatic carbocycles. The Labute approximate surface area is 173 Å². The van der Waals surface area contributed by atoms with Crippen LogP contribution in [0.3, 0.4) is 0 Å². The van der Waals surface area contributed by atoms with Crippen molar-refractivity contribution in [2.24, 2.45) is 0 Å². The molecule has 152 valence electrons. The van der Waals surface area contributed by atoms with Gasteiger partial charge in [-0.3, -0.25) is 4.79 Å². The fraction of sp³-hybridized carbons (Fsp3) is 0.381. The van der Waals surface area contributed by atoms with Crippen molar-refractivity contribution in [1.29, 1.82) is 0 Å². The lowest BCUT2D eigenvalue weighted by atomic mass is 9.90. The van der Waals surface area contributed by atoms with E-state index in [0.717, 1.165) is 16.9 Å². The van der Waals surface area contributed by atoms with Crippen LogP contribution in [0.2, 0.25) is 0 Å². The fourth-order valence-corrected chi connectivity index (χ4v) is 4.62. The van der Waals surface area contributed by atoms with Crippen molar-refractivity contribution >= 4 is 17.2 Å². The van der Waals surface area contributed by atoms with Gasteiger partial charge < -0.3 is 18.9 Å². The molecule has 0 N–H and O–H groups in total. The Morgan fingerprint density at radius 3 is 2.76 bits per heavy atom. The van der Waals surface area contributed by atoms with Gasteiger partial charge in [0.2, 0.25) is 11.8 Å². The summed E-state index contributed by atoms with van der Waals surface area (Å²) in [5.74, 6) is 2.52. The summed E-state index contributed by atoms with van der Waals surface area (Å²) in [5, 5.41) is 5.83. The number of aromatic nitrogens is 2. The number of fused-ring (bicyclic) bond motifs is 1. The van der Waals surface area contributed by atoms with E-state index in [1.807, 2.05) is 28.5 Å². The van der Waals surface area contributed by atoms with Crippen LogP contribution in [0, 0.1) is 6.92 Å². The van der Waals surface area contributed by atoms with Crippen molar-refractivity contribution in [3.05, 3.63) is 57.4 Å². The highest BCUT2D eigenvalue weighted by atomic mass is 32.1. The third-order valence-electron chi connectivity index (χ3n) is 5.13. The summed E-state index contributed by atoms with van der Waals surface area (Å²) in [6.07, 6.45) is 1.53. The third kappa shape index (κ3) is 3.85. The Kier molecular flexibility index (Phi) is 5.53. The van der Waals surface area contributed by atoms with Gasteiger partial charge in [-0.2, -0.15) is 4.98 Å². The molecule has 1 aliphatic rings. The zero-order valence-corrected chi connectivity index (χ0v) is 17.5. The van der Waals surface area contributed by atoms with E-state index in [9.17, 15) is 4.79 Å². The van der Waals surface area contributed by atoms with Gasteiger partial charge in [-0.25, -0.2) is 0 Å². The largest absolute Gasteiger partial charge is 0.493 e. The van der Waals surface area contributed by atoms with Crippen LogP contribution >= 0.6 is 11.3 Å². The van der Waals surface area contributed by atoms with Crippen LogP contribution in [0.5, 0.6) is 11.5 Å². The van der Waals surface area contributed by atoms with Crippen molar-refractivity contribution in [2.45, 2.75) is 32.2 Å². The average molecular weight is 413 g/mol. The molecule has 1 atom stereocenters. The molecule has 3 aromatic rings. The molecule has 8 heteroatoms. The first kappa shape index (κ1) is 19.4. The van der Waals surface area contributed by atoms with Crippen LogP contribution in [-0.2, 0) is 17.6 Å². The van der Waals surface area contributed by atoms with Crippen LogP contribution in [-0.4, -0.2) is 41.7 Å². The maximum absolute atomic E-state index is 13.2. The normalized spacial score (nSPS) is 15.8. The molecule has 0 bridgehead atoms. The Morgan fingerprint density at radius 2 is 2.10 bits per heavy atom. The highest BCUT2D eigenvalue weighted by Crippen LogP contribution is 2.42. The molecule has 7 nitrogen and oxygen atoms in total. The van der Waals surface area contributed by atoms with Gasteiger partial charge >= 0.3 is 0 Å². The number of carbonyl (C=O) groups is 1. The fourth-order valence-electron chi connectivity index (χ4n) is 3.77. The molecule has 1 amide bonds. The lowest BCUT2D eigenvalue weighted by molar-refractivity contribution is -0.133. The van der Waals surface area contributed by atoms with Crippen LogP contribution in [0.1, 0.15) is 40.2 Å². The molecular formula is C21H23N3O4S. The summed E-state index contributed by atoms with van der Waals surface area (Å²) in [6, 6.07) is 7.97. The number of hydrogen-bond donors (Lipinski definition) is 0. The van der Waals surface area contributed by atoms with Crippen LogP contribution in [0.15, 0.2) is 34.2 Å². The Balaban J connectivity index is 1.65. The minimum atomic E-state index is -0.143. The first-order chi connectivity index (χ1) is 14.1. The lowest BCUT2D eigenvalue weighted by Crippen LogP contribution is -2.40. The summed E-state index contributed by atoms with van der Waals surface area (Å²) >= 11 is 1.65. The van der Waals surface area contributed by atoms with Gasteiger partial charge in [-0.05, 0) is 48.1 Å². The number of thiophene rings is 1. The summed E-state index contributed by atoms with van der Waals surface area (Å²) < 4.78 is 16.1. The van der Waals surface area contributed by atoms with E-state index in [0.29, 0.717) is 42.6 Å². The molecule has 0 spiro atoms. The average Bonchev–Trinajstić information content (AvgIpc) is 3.41. The minimum absolute atomic E-state index is 0.0692. The SMILES string of the molecule is COc1cc2c(cc1OC)C(c1cccs1)N(C(=O)CCc1nc(C)no1)CC2. The van der Waals surface area contributed by atoms with Crippen molar-refractivity contribution in [3.63, 3.8) is 0 Å². The van der Waals surface area contributed by atoms with Crippen LogP contribution in [0.4, 0.5) is 0 Å². The van der Waals surface area contributed by atoms with Crippen molar-refractivity contribution in [3.8, 4) is 11.5 Å². The maximum atomic E-state index is 13.2. The second-order valence-corrected chi connectivity index (χ2v) is 7.88. The van der Waals surface area contributed by atoms with Gasteiger partial charge in [0.05, 0.1) is 20.3 Å². The van der Waals surface area contributed by atoms with Crippen LogP contribution < -0.4 is 9.47 Å². The number of benzene rings is 1. The van der Waals surface area contributed by atoms with E-state index in [2.05, 4.69) is 16.2 Å². The zero-order chi connectivity index (χ0) is 20.4.